The molecule has 1 saturated heterocycles. The van der Waals surface area contributed by atoms with E-state index in [-0.39, 0.29) is 72.0 Å². The van der Waals surface area contributed by atoms with Crippen LogP contribution in [-0.2, 0) is 49.8 Å². The van der Waals surface area contributed by atoms with Gasteiger partial charge in [0, 0.05) is 38.3 Å². The Morgan fingerprint density at radius 3 is 2.00 bits per heavy atom. The Hall–Kier alpha value is -6.84. The number of aliphatic carboxylic acids is 2. The number of halogens is 5. The predicted octanol–water partition coefficient (Wildman–Crippen LogP) is 4.74. The summed E-state index contributed by atoms with van der Waals surface area (Å²) in [6, 6.07) is 19.5. The van der Waals surface area contributed by atoms with Gasteiger partial charge in [0.1, 0.15) is 29.3 Å². The van der Waals surface area contributed by atoms with Crippen LogP contribution in [0.2, 0.25) is 0 Å². The van der Waals surface area contributed by atoms with Crippen LogP contribution in [-0.4, -0.2) is 119 Å². The van der Waals surface area contributed by atoms with Crippen LogP contribution in [0.1, 0.15) is 43.6 Å². The monoisotopic (exact) mass is 927 g/mol. The number of nitrogens with zero attached hydrogens (tertiary/aromatic N) is 5. The summed E-state index contributed by atoms with van der Waals surface area (Å²) >= 11 is 0. The number of hydrogen-bond donors (Lipinski definition) is 4. The SMILES string of the molecule is COC(=O)C(C)(C)N1CCC(N(Cc2ccc(-c3ccc(OC(F)(F)F)cc3)cc2)C(=O)Cn2c(CCc3cccc(F)c3F)nc(=O)c3cccnc32)CC1.O=C(O)C(O)C(O)C(=O)O. The van der Waals surface area contributed by atoms with Gasteiger partial charge < -0.3 is 39.4 Å². The third-order valence-corrected chi connectivity index (χ3v) is 11.0. The standard InChI is InChI=1S/C41H40F5N5O5.C4H6O6/c1-40(2,39(54)55-3)49-22-19-30(20-23-49)50(24-26-9-11-27(12-10-26)28-13-16-31(17-14-28)56-41(44,45)46)35(52)25-51-34(18-15-29-6-4-8-33(42)36(29)43)48-38(53)32-7-5-21-47-37(32)51;5-1(3(7)8)2(6)4(9)10/h4-14,16-17,21,30H,15,18-20,22-25H2,1-3H3;1-2,5-6H,(H,7,8)(H,9,10). The van der Waals surface area contributed by atoms with Gasteiger partial charge in [0.15, 0.2) is 23.8 Å². The summed E-state index contributed by atoms with van der Waals surface area (Å²) in [4.78, 5) is 72.3. The molecule has 2 aromatic heterocycles. The Kier molecular flexibility index (Phi) is 16.3. The lowest BCUT2D eigenvalue weighted by molar-refractivity contribution is -0.274. The fourth-order valence-electron chi connectivity index (χ4n) is 7.36. The number of methoxy groups -OCH3 is 1. The number of esters is 1. The summed E-state index contributed by atoms with van der Waals surface area (Å²) in [5.74, 6) is -6.37. The van der Waals surface area contributed by atoms with Crippen LogP contribution in [0.4, 0.5) is 22.0 Å². The van der Waals surface area contributed by atoms with E-state index in [2.05, 4.69) is 14.7 Å². The number of rotatable bonds is 15. The van der Waals surface area contributed by atoms with Crippen LogP contribution in [0.25, 0.3) is 22.2 Å². The molecule has 352 valence electrons. The normalized spacial score (nSPS) is 14.4. The van der Waals surface area contributed by atoms with Crippen molar-refractivity contribution in [2.75, 3.05) is 20.2 Å². The van der Waals surface area contributed by atoms with Crippen molar-refractivity contribution in [3.63, 3.8) is 0 Å². The van der Waals surface area contributed by atoms with E-state index in [1.165, 1.54) is 49.7 Å². The second kappa shape index (κ2) is 21.4. The van der Waals surface area contributed by atoms with Gasteiger partial charge in [-0.3, -0.25) is 19.3 Å². The highest BCUT2D eigenvalue weighted by molar-refractivity contribution is 5.83. The van der Waals surface area contributed by atoms with Crippen LogP contribution < -0.4 is 10.3 Å². The average Bonchev–Trinajstić information content (AvgIpc) is 3.29. The lowest BCUT2D eigenvalue weighted by Crippen LogP contribution is -2.56. The number of aliphatic hydroxyl groups is 2. The number of alkyl halides is 3. The molecule has 66 heavy (non-hydrogen) atoms. The Bertz CT molecular complexity index is 2570. The van der Waals surface area contributed by atoms with Crippen LogP contribution >= 0.6 is 0 Å². The van der Waals surface area contributed by atoms with Gasteiger partial charge in [-0.05, 0) is 85.7 Å². The maximum absolute atomic E-state index is 14.6. The summed E-state index contributed by atoms with van der Waals surface area (Å²) in [7, 11) is 1.34. The quantitative estimate of drug-likeness (QED) is 0.0823. The van der Waals surface area contributed by atoms with Crippen molar-refractivity contribution in [3.8, 4) is 16.9 Å². The molecule has 5 aromatic rings. The molecule has 4 N–H and O–H groups in total. The maximum Gasteiger partial charge on any atom is 0.573 e. The van der Waals surface area contributed by atoms with Gasteiger partial charge in [-0.25, -0.2) is 23.4 Å². The largest absolute Gasteiger partial charge is 0.573 e. The number of amides is 1. The van der Waals surface area contributed by atoms with E-state index in [0.717, 1.165) is 17.2 Å². The first kappa shape index (κ1) is 50.2. The average molecular weight is 928 g/mol. The number of likely N-dealkylation sites (tertiary alicyclic amines) is 1. The number of benzene rings is 3. The van der Waals surface area contributed by atoms with Crippen LogP contribution in [0.3, 0.4) is 0 Å². The van der Waals surface area contributed by atoms with Gasteiger partial charge in [0.25, 0.3) is 5.56 Å². The Morgan fingerprint density at radius 2 is 1.44 bits per heavy atom. The molecule has 0 aliphatic carbocycles. The molecule has 3 heterocycles. The molecule has 0 saturated carbocycles. The minimum absolute atomic E-state index is 0.00511. The van der Waals surface area contributed by atoms with Crippen molar-refractivity contribution in [2.45, 2.75) is 82.8 Å². The molecule has 0 bridgehead atoms. The van der Waals surface area contributed by atoms with E-state index in [1.54, 1.807) is 35.4 Å². The van der Waals surface area contributed by atoms with Crippen LogP contribution in [0, 0.1) is 11.6 Å². The van der Waals surface area contributed by atoms with E-state index < -0.39 is 53.2 Å². The minimum atomic E-state index is -4.80. The fourth-order valence-corrected chi connectivity index (χ4v) is 7.36. The van der Waals surface area contributed by atoms with Crippen molar-refractivity contribution in [1.29, 1.82) is 0 Å². The van der Waals surface area contributed by atoms with Gasteiger partial charge >= 0.3 is 24.3 Å². The third-order valence-electron chi connectivity index (χ3n) is 11.0. The van der Waals surface area contributed by atoms with E-state index in [9.17, 15) is 45.9 Å². The van der Waals surface area contributed by atoms with Crippen molar-refractivity contribution in [2.24, 2.45) is 0 Å². The maximum atomic E-state index is 14.6. The molecule has 2 atom stereocenters. The Balaban J connectivity index is 0.000000730. The highest BCUT2D eigenvalue weighted by Gasteiger charge is 2.39. The van der Waals surface area contributed by atoms with Crippen LogP contribution in [0.15, 0.2) is 89.9 Å². The molecule has 0 spiro atoms. The first-order chi connectivity index (χ1) is 31.1. The second-order valence-electron chi connectivity index (χ2n) is 15.6. The zero-order chi connectivity index (χ0) is 48.5. The molecule has 16 nitrogen and oxygen atoms in total. The van der Waals surface area contributed by atoms with E-state index in [1.807, 2.05) is 29.2 Å². The number of aromatic nitrogens is 3. The molecule has 0 radical (unpaired) electrons. The van der Waals surface area contributed by atoms with E-state index >= 15 is 0 Å². The van der Waals surface area contributed by atoms with E-state index in [0.29, 0.717) is 31.5 Å². The number of hydrogen-bond acceptors (Lipinski definition) is 12. The minimum Gasteiger partial charge on any atom is -0.479 e. The fraction of sp³-hybridized carbons (Fsp3) is 0.356. The molecule has 2 unspecified atom stereocenters. The number of carboxylic acid groups (broad SMARTS) is 2. The molecular formula is C45H46F5N5O11. The van der Waals surface area contributed by atoms with Crippen molar-refractivity contribution in [1.82, 2.24) is 24.3 Å². The van der Waals surface area contributed by atoms with Gasteiger partial charge in [0.2, 0.25) is 5.91 Å². The lowest BCUT2D eigenvalue weighted by atomic mass is 9.95. The number of piperidine rings is 1. The number of pyridine rings is 1. The molecule has 1 amide bonds. The summed E-state index contributed by atoms with van der Waals surface area (Å²) in [5, 5.41) is 32.7. The first-order valence-corrected chi connectivity index (χ1v) is 20.3. The molecule has 1 aliphatic rings. The number of carboxylic acids is 2. The molecule has 21 heteroatoms. The number of ether oxygens (including phenoxy) is 2. The zero-order valence-electron chi connectivity index (χ0n) is 35.7. The zero-order valence-corrected chi connectivity index (χ0v) is 35.7. The topological polar surface area (TPSA) is 222 Å². The number of carbonyl (C=O) groups is 4. The number of aliphatic hydroxyl groups excluding tert-OH is 2. The Morgan fingerprint density at radius 1 is 0.848 bits per heavy atom. The summed E-state index contributed by atoms with van der Waals surface area (Å²) < 4.78 is 77.2. The molecule has 3 aromatic carbocycles. The molecule has 1 aliphatic heterocycles. The smallest absolute Gasteiger partial charge is 0.479 e. The second-order valence-corrected chi connectivity index (χ2v) is 15.6. The highest BCUT2D eigenvalue weighted by atomic mass is 19.4. The first-order valence-electron chi connectivity index (χ1n) is 20.3. The highest BCUT2D eigenvalue weighted by Crippen LogP contribution is 2.29. The van der Waals surface area contributed by atoms with Crippen molar-refractivity contribution >= 4 is 34.8 Å². The molecule has 6 rings (SSSR count). The summed E-state index contributed by atoms with van der Waals surface area (Å²) in [5.41, 5.74) is 1.04. The number of aryl methyl sites for hydroxylation is 2. The van der Waals surface area contributed by atoms with E-state index in [4.69, 9.17) is 25.2 Å². The summed E-state index contributed by atoms with van der Waals surface area (Å²) in [6.45, 7) is 4.50. The lowest BCUT2D eigenvalue weighted by Gasteiger charge is -2.44. The van der Waals surface area contributed by atoms with Gasteiger partial charge in [-0.15, -0.1) is 13.2 Å². The van der Waals surface area contributed by atoms with Crippen LogP contribution in [0.5, 0.6) is 5.75 Å². The number of carbonyl (C=O) groups excluding carboxylic acids is 2. The van der Waals surface area contributed by atoms with Gasteiger partial charge in [-0.2, -0.15) is 4.98 Å². The van der Waals surface area contributed by atoms with Gasteiger partial charge in [0.05, 0.1) is 12.5 Å². The molecule has 1 fully saturated rings. The third kappa shape index (κ3) is 12.5. The molecular weight excluding hydrogens is 882 g/mol. The predicted molar refractivity (Wildman–Crippen MR) is 225 cm³/mol. The Labute approximate surface area is 373 Å². The van der Waals surface area contributed by atoms with Gasteiger partial charge in [-0.1, -0.05) is 48.5 Å². The summed E-state index contributed by atoms with van der Waals surface area (Å²) in [6.07, 6.45) is -6.76. The van der Waals surface area contributed by atoms with Crippen molar-refractivity contribution in [3.05, 3.63) is 124 Å². The number of fused-ring (bicyclic) bond motifs is 1. The van der Waals surface area contributed by atoms with Crippen molar-refractivity contribution < 1.29 is 71.0 Å².